The van der Waals surface area contributed by atoms with Gasteiger partial charge in [0.25, 0.3) is 0 Å². The van der Waals surface area contributed by atoms with E-state index in [1.54, 1.807) is 6.07 Å². The zero-order chi connectivity index (χ0) is 12.5. The van der Waals surface area contributed by atoms with Gasteiger partial charge < -0.3 is 10.1 Å². The fraction of sp³-hybridized carbons (Fsp3) is 0.455. The van der Waals surface area contributed by atoms with Crippen LogP contribution in [-0.4, -0.2) is 19.1 Å². The van der Waals surface area contributed by atoms with Crippen LogP contribution in [0.4, 0.5) is 17.6 Å². The van der Waals surface area contributed by atoms with Crippen LogP contribution in [0.2, 0.25) is 0 Å². The quantitative estimate of drug-likeness (QED) is 0.856. The Hall–Kier alpha value is -1.01. The fourth-order valence-corrected chi connectivity index (χ4v) is 1.57. The second kappa shape index (κ2) is 5.75. The van der Waals surface area contributed by atoms with Gasteiger partial charge in [0.2, 0.25) is 0 Å². The molecule has 18 heavy (non-hydrogen) atoms. The second-order valence-corrected chi connectivity index (χ2v) is 3.83. The van der Waals surface area contributed by atoms with Gasteiger partial charge in [-0.2, -0.15) is 17.6 Å². The molecule has 2 rings (SSSR count). The molecule has 0 bridgehead atoms. The fourth-order valence-electron chi connectivity index (χ4n) is 1.57. The van der Waals surface area contributed by atoms with E-state index in [-0.39, 0.29) is 24.2 Å². The van der Waals surface area contributed by atoms with Crippen molar-refractivity contribution in [2.75, 3.05) is 6.54 Å². The Kier molecular flexibility index (Phi) is 4.81. The molecule has 1 fully saturated rings. The zero-order valence-corrected chi connectivity index (χ0v) is 10.0. The summed E-state index contributed by atoms with van der Waals surface area (Å²) >= 11 is 0. The van der Waals surface area contributed by atoms with Crippen LogP contribution < -0.4 is 10.1 Å². The van der Waals surface area contributed by atoms with E-state index < -0.39 is 12.5 Å². The maximum atomic E-state index is 12.7. The van der Waals surface area contributed by atoms with Gasteiger partial charge in [-0.3, -0.25) is 0 Å². The van der Waals surface area contributed by atoms with E-state index in [9.17, 15) is 17.6 Å². The Balaban J connectivity index is 0.00000162. The highest BCUT2D eigenvalue weighted by Gasteiger charge is 2.44. The van der Waals surface area contributed by atoms with Gasteiger partial charge in [0.15, 0.2) is 0 Å². The molecule has 1 aromatic carbocycles. The number of alkyl halides is 4. The number of benzene rings is 1. The molecule has 0 aliphatic carbocycles. The van der Waals surface area contributed by atoms with E-state index in [0.29, 0.717) is 0 Å². The van der Waals surface area contributed by atoms with Crippen molar-refractivity contribution >= 4 is 12.4 Å². The average Bonchev–Trinajstić information content (AvgIpc) is 2.14. The van der Waals surface area contributed by atoms with E-state index >= 15 is 0 Å². The molecule has 0 saturated carbocycles. The first-order valence-corrected chi connectivity index (χ1v) is 5.17. The van der Waals surface area contributed by atoms with Crippen molar-refractivity contribution in [3.63, 3.8) is 0 Å². The van der Waals surface area contributed by atoms with Crippen LogP contribution in [-0.2, 0) is 0 Å². The third kappa shape index (κ3) is 3.26. The molecule has 1 aliphatic rings. The lowest BCUT2D eigenvalue weighted by Gasteiger charge is -2.28. The summed E-state index contributed by atoms with van der Waals surface area (Å²) in [6, 6.07) is 5.93. The Labute approximate surface area is 108 Å². The first-order chi connectivity index (χ1) is 7.99. The molecule has 2 nitrogen and oxygen atoms in total. The number of hydrogen-bond donors (Lipinski definition) is 1. The van der Waals surface area contributed by atoms with Crippen LogP contribution in [0.1, 0.15) is 18.0 Å². The molecular formula is C11H12ClF4NO. The Morgan fingerprint density at radius 1 is 1.33 bits per heavy atom. The molecule has 0 unspecified atom stereocenters. The number of rotatable bonds is 4. The second-order valence-electron chi connectivity index (χ2n) is 3.83. The molecule has 1 heterocycles. The molecule has 1 N–H and O–H groups in total. The average molecular weight is 286 g/mol. The van der Waals surface area contributed by atoms with Crippen molar-refractivity contribution in [2.45, 2.75) is 25.0 Å². The number of halogens is 5. The standard InChI is InChI=1S/C11H11F4NO.ClH/c12-10(13)11(14,15)17-8-3-1-2-7(6-8)9-4-5-16-9;/h1-3,6,9-10,16H,4-5H2;1H/t9-;/m1./s1. The monoisotopic (exact) mass is 285 g/mol. The number of ether oxygens (including phenoxy) is 1. The molecule has 1 aliphatic heterocycles. The smallest absolute Gasteiger partial charge is 0.428 e. The highest BCUT2D eigenvalue weighted by Crippen LogP contribution is 2.30. The van der Waals surface area contributed by atoms with Gasteiger partial charge in [-0.25, -0.2) is 0 Å². The van der Waals surface area contributed by atoms with Gasteiger partial charge in [0.05, 0.1) is 0 Å². The molecule has 1 atom stereocenters. The Morgan fingerprint density at radius 3 is 2.50 bits per heavy atom. The molecule has 0 amide bonds. The van der Waals surface area contributed by atoms with Crippen LogP contribution >= 0.6 is 12.4 Å². The Bertz CT molecular complexity index is 398. The number of nitrogens with one attached hydrogen (secondary N) is 1. The van der Waals surface area contributed by atoms with Crippen LogP contribution in [0.25, 0.3) is 0 Å². The first-order valence-electron chi connectivity index (χ1n) is 5.17. The molecule has 0 spiro atoms. The first kappa shape index (κ1) is 15.0. The molecule has 0 aromatic heterocycles. The Morgan fingerprint density at radius 2 is 2.00 bits per heavy atom. The van der Waals surface area contributed by atoms with Crippen LogP contribution in [0.5, 0.6) is 5.75 Å². The largest absolute Gasteiger partial charge is 0.461 e. The predicted octanol–water partition coefficient (Wildman–Crippen LogP) is 3.38. The maximum Gasteiger partial charge on any atom is 0.461 e. The van der Waals surface area contributed by atoms with Gasteiger partial charge in [-0.05, 0) is 30.7 Å². The van der Waals surface area contributed by atoms with Gasteiger partial charge in [0.1, 0.15) is 5.75 Å². The van der Waals surface area contributed by atoms with Crippen molar-refractivity contribution in [3.8, 4) is 5.75 Å². The van der Waals surface area contributed by atoms with Gasteiger partial charge in [0, 0.05) is 6.04 Å². The third-order valence-electron chi connectivity index (χ3n) is 2.59. The predicted molar refractivity (Wildman–Crippen MR) is 60.6 cm³/mol. The molecule has 0 radical (unpaired) electrons. The van der Waals surface area contributed by atoms with Crippen LogP contribution in [0.3, 0.4) is 0 Å². The number of hydrogen-bond acceptors (Lipinski definition) is 2. The van der Waals surface area contributed by atoms with Gasteiger partial charge in [-0.15, -0.1) is 12.4 Å². The summed E-state index contributed by atoms with van der Waals surface area (Å²) in [4.78, 5) is 0. The molecular weight excluding hydrogens is 274 g/mol. The third-order valence-corrected chi connectivity index (χ3v) is 2.59. The minimum absolute atomic E-state index is 0. The van der Waals surface area contributed by atoms with Crippen molar-refractivity contribution in [1.82, 2.24) is 5.32 Å². The van der Waals surface area contributed by atoms with Crippen molar-refractivity contribution in [2.24, 2.45) is 0 Å². The van der Waals surface area contributed by atoms with Gasteiger partial charge >= 0.3 is 12.5 Å². The summed E-state index contributed by atoms with van der Waals surface area (Å²) in [6.45, 7) is 0.864. The zero-order valence-electron chi connectivity index (χ0n) is 9.21. The van der Waals surface area contributed by atoms with E-state index in [2.05, 4.69) is 10.1 Å². The van der Waals surface area contributed by atoms with E-state index in [1.807, 2.05) is 0 Å². The highest BCUT2D eigenvalue weighted by atomic mass is 35.5. The van der Waals surface area contributed by atoms with E-state index in [4.69, 9.17) is 0 Å². The summed E-state index contributed by atoms with van der Waals surface area (Å²) in [5.74, 6) is -0.249. The van der Waals surface area contributed by atoms with Gasteiger partial charge in [-0.1, -0.05) is 12.1 Å². The van der Waals surface area contributed by atoms with Crippen molar-refractivity contribution in [1.29, 1.82) is 0 Å². The van der Waals surface area contributed by atoms with Crippen LogP contribution in [0, 0.1) is 0 Å². The molecule has 1 saturated heterocycles. The SMILES string of the molecule is Cl.FC(F)C(F)(F)Oc1cccc([C@H]2CCN2)c1. The highest BCUT2D eigenvalue weighted by molar-refractivity contribution is 5.85. The molecule has 102 valence electrons. The normalized spacial score (nSPS) is 19.1. The topological polar surface area (TPSA) is 21.3 Å². The summed E-state index contributed by atoms with van der Waals surface area (Å²) in [5, 5.41) is 3.08. The summed E-state index contributed by atoms with van der Waals surface area (Å²) in [7, 11) is 0. The maximum absolute atomic E-state index is 12.7. The lowest BCUT2D eigenvalue weighted by Crippen LogP contribution is -2.35. The van der Waals surface area contributed by atoms with E-state index in [0.717, 1.165) is 18.5 Å². The summed E-state index contributed by atoms with van der Waals surface area (Å²) in [5.41, 5.74) is 0.763. The lowest BCUT2D eigenvalue weighted by atomic mass is 9.98. The van der Waals surface area contributed by atoms with Crippen LogP contribution in [0.15, 0.2) is 24.3 Å². The summed E-state index contributed by atoms with van der Waals surface area (Å²) < 4.78 is 53.3. The lowest BCUT2D eigenvalue weighted by molar-refractivity contribution is -0.253. The molecule has 7 heteroatoms. The van der Waals surface area contributed by atoms with Crippen molar-refractivity contribution in [3.05, 3.63) is 29.8 Å². The molecule has 1 aromatic rings. The van der Waals surface area contributed by atoms with E-state index in [1.165, 1.54) is 18.2 Å². The van der Waals surface area contributed by atoms with Crippen molar-refractivity contribution < 1.29 is 22.3 Å². The minimum atomic E-state index is -4.45. The minimum Gasteiger partial charge on any atom is -0.428 e. The summed E-state index contributed by atoms with van der Waals surface area (Å²) in [6.07, 6.45) is -7.40.